The number of aryl methyl sites for hydroxylation is 2. The van der Waals surface area contributed by atoms with E-state index >= 15 is 0 Å². The summed E-state index contributed by atoms with van der Waals surface area (Å²) >= 11 is 1.31. The smallest absolute Gasteiger partial charge is 0.262 e. The Balaban J connectivity index is 1.53. The number of sulfonamides is 1. The molecule has 0 aliphatic carbocycles. The number of anilines is 2. The highest BCUT2D eigenvalue weighted by molar-refractivity contribution is 7.92. The van der Waals surface area contributed by atoms with Gasteiger partial charge in [0.1, 0.15) is 5.82 Å². The molecule has 1 aliphatic rings. The van der Waals surface area contributed by atoms with Gasteiger partial charge in [-0.05, 0) is 74.1 Å². The van der Waals surface area contributed by atoms with Gasteiger partial charge in [-0.1, -0.05) is 23.5 Å². The molecule has 0 saturated carbocycles. The predicted octanol–water partition coefficient (Wildman–Crippen LogP) is 5.12. The van der Waals surface area contributed by atoms with Gasteiger partial charge in [0.15, 0.2) is 5.13 Å². The van der Waals surface area contributed by atoms with Crippen molar-refractivity contribution in [2.75, 3.05) is 23.3 Å². The highest BCUT2D eigenvalue weighted by atomic mass is 32.2. The van der Waals surface area contributed by atoms with E-state index < -0.39 is 15.8 Å². The van der Waals surface area contributed by atoms with Crippen LogP contribution in [0.4, 0.5) is 15.2 Å². The number of ether oxygens (including phenoxy) is 1. The summed E-state index contributed by atoms with van der Waals surface area (Å²) in [6.07, 6.45) is 2.18. The summed E-state index contributed by atoms with van der Waals surface area (Å²) in [6, 6.07) is 10.3. The second kappa shape index (κ2) is 10.2. The van der Waals surface area contributed by atoms with E-state index in [0.717, 1.165) is 17.7 Å². The fourth-order valence-corrected chi connectivity index (χ4v) is 6.17. The van der Waals surface area contributed by atoms with Crippen LogP contribution < -0.4 is 10.0 Å². The molecular formula is C24H26FN3O4S2. The zero-order valence-electron chi connectivity index (χ0n) is 18.9. The van der Waals surface area contributed by atoms with Crippen LogP contribution in [0.2, 0.25) is 0 Å². The molecule has 1 fully saturated rings. The number of rotatable bonds is 7. The zero-order chi connectivity index (χ0) is 24.3. The van der Waals surface area contributed by atoms with Gasteiger partial charge >= 0.3 is 0 Å². The van der Waals surface area contributed by atoms with Gasteiger partial charge in [0.05, 0.1) is 15.5 Å². The Morgan fingerprint density at radius 1 is 1.15 bits per heavy atom. The molecule has 0 bridgehead atoms. The monoisotopic (exact) mass is 503 g/mol. The molecule has 2 heterocycles. The van der Waals surface area contributed by atoms with Crippen LogP contribution in [0.5, 0.6) is 0 Å². The van der Waals surface area contributed by atoms with Gasteiger partial charge in [-0.2, -0.15) is 0 Å². The van der Waals surface area contributed by atoms with Crippen LogP contribution in [0.1, 0.15) is 30.5 Å². The number of aromatic nitrogens is 1. The van der Waals surface area contributed by atoms with Gasteiger partial charge in [0.25, 0.3) is 10.0 Å². The molecule has 4 rings (SSSR count). The maximum Gasteiger partial charge on any atom is 0.262 e. The third kappa shape index (κ3) is 5.81. The van der Waals surface area contributed by atoms with Gasteiger partial charge in [0.2, 0.25) is 5.91 Å². The van der Waals surface area contributed by atoms with Crippen molar-refractivity contribution in [2.24, 2.45) is 5.92 Å². The van der Waals surface area contributed by atoms with Gasteiger partial charge in [-0.25, -0.2) is 17.8 Å². The van der Waals surface area contributed by atoms with Gasteiger partial charge in [0, 0.05) is 25.3 Å². The first kappa shape index (κ1) is 24.3. The lowest BCUT2D eigenvalue weighted by Crippen LogP contribution is -2.22. The Morgan fingerprint density at radius 3 is 2.56 bits per heavy atom. The average Bonchev–Trinajstić information content (AvgIpc) is 3.15. The maximum atomic E-state index is 13.2. The summed E-state index contributed by atoms with van der Waals surface area (Å²) in [5.74, 6) is -0.215. The van der Waals surface area contributed by atoms with Gasteiger partial charge < -0.3 is 10.1 Å². The minimum absolute atomic E-state index is 0.0807. The lowest BCUT2D eigenvalue weighted by atomic mass is 9.96. The second-order valence-electron chi connectivity index (χ2n) is 8.33. The first-order chi connectivity index (χ1) is 16.2. The molecule has 1 aromatic heterocycles. The molecular weight excluding hydrogens is 477 g/mol. The van der Waals surface area contributed by atoms with Crippen LogP contribution in [-0.4, -0.2) is 32.5 Å². The molecule has 180 valence electrons. The normalized spacial score (nSPS) is 14.7. The van der Waals surface area contributed by atoms with E-state index in [1.54, 1.807) is 19.1 Å². The second-order valence-corrected chi connectivity index (χ2v) is 11.0. The molecule has 0 unspecified atom stereocenters. The lowest BCUT2D eigenvalue weighted by Gasteiger charge is -2.20. The highest BCUT2D eigenvalue weighted by Crippen LogP contribution is 2.35. The Bertz CT molecular complexity index is 1280. The standard InChI is InChI=1S/C24H26FN3O4S2/c1-15-3-4-18(14-21(15)34(30,31)28-20-7-5-19(25)6-8-20)23-16(2)26-24(33-23)27-22(29)13-17-9-11-32-12-10-17/h3-8,14,17,28H,9-13H2,1-2H3,(H,26,27,29). The highest BCUT2D eigenvalue weighted by Gasteiger charge is 2.21. The largest absolute Gasteiger partial charge is 0.381 e. The first-order valence-electron chi connectivity index (χ1n) is 11.0. The minimum Gasteiger partial charge on any atom is -0.381 e. The average molecular weight is 504 g/mol. The molecule has 0 spiro atoms. The van der Waals surface area contributed by atoms with Crippen molar-refractivity contribution < 1.29 is 22.3 Å². The van der Waals surface area contributed by atoms with E-state index in [0.29, 0.717) is 47.5 Å². The Hall–Kier alpha value is -2.82. The number of benzene rings is 2. The first-order valence-corrected chi connectivity index (χ1v) is 13.3. The molecule has 0 radical (unpaired) electrons. The molecule has 1 aliphatic heterocycles. The van der Waals surface area contributed by atoms with E-state index in [9.17, 15) is 17.6 Å². The van der Waals surface area contributed by atoms with E-state index in [-0.39, 0.29) is 16.5 Å². The topological polar surface area (TPSA) is 97.4 Å². The van der Waals surface area contributed by atoms with Crippen LogP contribution >= 0.6 is 11.3 Å². The zero-order valence-corrected chi connectivity index (χ0v) is 20.6. The molecule has 1 amide bonds. The molecule has 7 nitrogen and oxygen atoms in total. The molecule has 2 aromatic carbocycles. The molecule has 2 N–H and O–H groups in total. The van der Waals surface area contributed by atoms with Crippen molar-refractivity contribution in [3.63, 3.8) is 0 Å². The molecule has 10 heteroatoms. The van der Waals surface area contributed by atoms with Crippen molar-refractivity contribution in [1.82, 2.24) is 4.98 Å². The minimum atomic E-state index is -3.90. The van der Waals surface area contributed by atoms with Crippen molar-refractivity contribution in [3.8, 4) is 10.4 Å². The van der Waals surface area contributed by atoms with Crippen LogP contribution in [-0.2, 0) is 19.6 Å². The fourth-order valence-electron chi connectivity index (χ4n) is 3.86. The lowest BCUT2D eigenvalue weighted by molar-refractivity contribution is -0.117. The number of nitrogens with one attached hydrogen (secondary N) is 2. The Morgan fingerprint density at radius 2 is 1.85 bits per heavy atom. The number of thiazole rings is 1. The SMILES string of the molecule is Cc1ccc(-c2sc(NC(=O)CC3CCOCC3)nc2C)cc1S(=O)(=O)Nc1ccc(F)cc1. The summed E-state index contributed by atoms with van der Waals surface area (Å²) in [5, 5.41) is 3.37. The van der Waals surface area contributed by atoms with Gasteiger partial charge in [-0.15, -0.1) is 0 Å². The number of carbonyl (C=O) groups is 1. The van der Waals surface area contributed by atoms with Crippen LogP contribution in [0, 0.1) is 25.6 Å². The molecule has 1 saturated heterocycles. The molecule has 3 aromatic rings. The van der Waals surface area contributed by atoms with Crippen LogP contribution in [0.25, 0.3) is 10.4 Å². The van der Waals surface area contributed by atoms with E-state index in [2.05, 4.69) is 15.0 Å². The number of hydrogen-bond acceptors (Lipinski definition) is 6. The van der Waals surface area contributed by atoms with Crippen molar-refractivity contribution in [1.29, 1.82) is 0 Å². The van der Waals surface area contributed by atoms with Gasteiger partial charge in [-0.3, -0.25) is 9.52 Å². The number of hydrogen-bond donors (Lipinski definition) is 2. The third-order valence-electron chi connectivity index (χ3n) is 5.69. The number of amides is 1. The Labute approximate surface area is 202 Å². The Kier molecular flexibility index (Phi) is 7.30. The van der Waals surface area contributed by atoms with Crippen LogP contribution in [0.15, 0.2) is 47.4 Å². The fraction of sp³-hybridized carbons (Fsp3) is 0.333. The van der Waals surface area contributed by atoms with E-state index in [4.69, 9.17) is 4.74 Å². The third-order valence-corrected chi connectivity index (χ3v) is 8.34. The number of nitrogens with zero attached hydrogens (tertiary/aromatic N) is 1. The maximum absolute atomic E-state index is 13.2. The van der Waals surface area contributed by atoms with Crippen molar-refractivity contribution in [3.05, 3.63) is 59.5 Å². The summed E-state index contributed by atoms with van der Waals surface area (Å²) in [5.41, 5.74) is 2.23. The van der Waals surface area contributed by atoms with Crippen molar-refractivity contribution in [2.45, 2.75) is 38.0 Å². The number of carbonyl (C=O) groups excluding carboxylic acids is 1. The predicted molar refractivity (Wildman–Crippen MR) is 131 cm³/mol. The summed E-state index contributed by atoms with van der Waals surface area (Å²) in [4.78, 5) is 17.8. The number of halogens is 1. The summed E-state index contributed by atoms with van der Waals surface area (Å²) in [7, 11) is -3.90. The van der Waals surface area contributed by atoms with E-state index in [1.807, 2.05) is 13.0 Å². The molecule has 34 heavy (non-hydrogen) atoms. The molecule has 0 atom stereocenters. The quantitative estimate of drug-likeness (QED) is 0.466. The van der Waals surface area contributed by atoms with Crippen molar-refractivity contribution >= 4 is 38.1 Å². The van der Waals surface area contributed by atoms with E-state index in [1.165, 1.54) is 35.6 Å². The summed E-state index contributed by atoms with van der Waals surface area (Å²) < 4.78 is 47.1. The summed E-state index contributed by atoms with van der Waals surface area (Å²) in [6.45, 7) is 4.91. The van der Waals surface area contributed by atoms with Crippen LogP contribution in [0.3, 0.4) is 0 Å².